The molecule has 0 atom stereocenters. The van der Waals surface area contributed by atoms with Crippen molar-refractivity contribution in [2.75, 3.05) is 7.05 Å². The standard InChI is InChI=1S/C14H16N2OS/c1-16(13(17)14(15)6-7-14)8-10-9-18-12-5-3-2-4-11(10)12/h2-5,9H,6-8,15H2,1H3. The first-order chi connectivity index (χ1) is 8.60. The van der Waals surface area contributed by atoms with E-state index in [2.05, 4.69) is 17.5 Å². The smallest absolute Gasteiger partial charge is 0.242 e. The molecule has 1 amide bonds. The summed E-state index contributed by atoms with van der Waals surface area (Å²) in [5.41, 5.74) is 6.58. The molecule has 1 aliphatic rings. The van der Waals surface area contributed by atoms with E-state index in [1.165, 1.54) is 15.6 Å². The second kappa shape index (κ2) is 4.07. The van der Waals surface area contributed by atoms with Crippen LogP contribution in [0.15, 0.2) is 29.6 Å². The fourth-order valence-electron chi connectivity index (χ4n) is 2.21. The number of rotatable bonds is 3. The molecule has 1 aromatic heterocycles. The Hall–Kier alpha value is -1.39. The van der Waals surface area contributed by atoms with E-state index in [1.807, 2.05) is 19.2 Å². The van der Waals surface area contributed by atoms with Gasteiger partial charge in [-0.05, 0) is 35.2 Å². The van der Waals surface area contributed by atoms with Crippen LogP contribution < -0.4 is 5.73 Å². The Morgan fingerprint density at radius 1 is 1.44 bits per heavy atom. The first-order valence-electron chi connectivity index (χ1n) is 6.10. The molecule has 1 saturated carbocycles. The zero-order valence-corrected chi connectivity index (χ0v) is 11.2. The highest BCUT2D eigenvalue weighted by Gasteiger charge is 2.47. The Kier molecular flexibility index (Phi) is 2.64. The predicted molar refractivity (Wildman–Crippen MR) is 74.5 cm³/mol. The summed E-state index contributed by atoms with van der Waals surface area (Å²) in [6, 6.07) is 8.29. The van der Waals surface area contributed by atoms with Crippen molar-refractivity contribution in [3.8, 4) is 0 Å². The van der Waals surface area contributed by atoms with Gasteiger partial charge < -0.3 is 10.6 Å². The maximum atomic E-state index is 12.1. The molecule has 94 valence electrons. The molecule has 0 saturated heterocycles. The Labute approximate surface area is 110 Å². The number of nitrogens with zero attached hydrogens (tertiary/aromatic N) is 1. The van der Waals surface area contributed by atoms with Crippen molar-refractivity contribution in [3.63, 3.8) is 0 Å². The van der Waals surface area contributed by atoms with Crippen LogP contribution in [0.5, 0.6) is 0 Å². The molecule has 0 unspecified atom stereocenters. The van der Waals surface area contributed by atoms with Gasteiger partial charge in [0, 0.05) is 18.3 Å². The van der Waals surface area contributed by atoms with Crippen LogP contribution in [0.2, 0.25) is 0 Å². The zero-order valence-electron chi connectivity index (χ0n) is 10.3. The van der Waals surface area contributed by atoms with Crippen LogP contribution in [0.25, 0.3) is 10.1 Å². The molecule has 1 aliphatic carbocycles. The largest absolute Gasteiger partial charge is 0.340 e. The van der Waals surface area contributed by atoms with Gasteiger partial charge >= 0.3 is 0 Å². The number of carbonyl (C=O) groups excluding carboxylic acids is 1. The van der Waals surface area contributed by atoms with Crippen molar-refractivity contribution in [2.45, 2.75) is 24.9 Å². The normalized spacial score (nSPS) is 16.8. The third-order valence-electron chi connectivity index (χ3n) is 3.53. The van der Waals surface area contributed by atoms with Gasteiger partial charge in [0.15, 0.2) is 0 Å². The van der Waals surface area contributed by atoms with Crippen molar-refractivity contribution < 1.29 is 4.79 Å². The van der Waals surface area contributed by atoms with Crippen LogP contribution in [0.4, 0.5) is 0 Å². The van der Waals surface area contributed by atoms with E-state index in [9.17, 15) is 4.79 Å². The molecule has 0 spiro atoms. The molecule has 18 heavy (non-hydrogen) atoms. The minimum Gasteiger partial charge on any atom is -0.340 e. The highest BCUT2D eigenvalue weighted by molar-refractivity contribution is 7.17. The number of fused-ring (bicyclic) bond motifs is 1. The molecule has 2 N–H and O–H groups in total. The molecule has 3 rings (SSSR count). The van der Waals surface area contributed by atoms with Crippen LogP contribution in [-0.2, 0) is 11.3 Å². The summed E-state index contributed by atoms with van der Waals surface area (Å²) < 4.78 is 1.27. The topological polar surface area (TPSA) is 46.3 Å². The SMILES string of the molecule is CN(Cc1csc2ccccc12)C(=O)C1(N)CC1. The molecule has 1 aromatic carbocycles. The third kappa shape index (κ3) is 1.91. The lowest BCUT2D eigenvalue weighted by Crippen LogP contribution is -2.43. The minimum atomic E-state index is -0.569. The number of hydrogen-bond donors (Lipinski definition) is 1. The molecule has 1 heterocycles. The van der Waals surface area contributed by atoms with Gasteiger partial charge in [-0.2, -0.15) is 0 Å². The second-order valence-electron chi connectivity index (χ2n) is 5.07. The van der Waals surface area contributed by atoms with Crippen molar-refractivity contribution in [1.82, 2.24) is 4.90 Å². The molecule has 3 nitrogen and oxygen atoms in total. The summed E-state index contributed by atoms with van der Waals surface area (Å²) in [4.78, 5) is 13.8. The van der Waals surface area contributed by atoms with Crippen LogP contribution in [0.1, 0.15) is 18.4 Å². The summed E-state index contributed by atoms with van der Waals surface area (Å²) in [5.74, 6) is 0.0674. The van der Waals surface area contributed by atoms with Gasteiger partial charge in [0.25, 0.3) is 0 Å². The Morgan fingerprint density at radius 3 is 2.89 bits per heavy atom. The molecule has 0 bridgehead atoms. The van der Waals surface area contributed by atoms with Gasteiger partial charge in [0.2, 0.25) is 5.91 Å². The number of carbonyl (C=O) groups is 1. The van der Waals surface area contributed by atoms with Gasteiger partial charge in [-0.3, -0.25) is 4.79 Å². The average molecular weight is 260 g/mol. The van der Waals surface area contributed by atoms with E-state index >= 15 is 0 Å². The summed E-state index contributed by atoms with van der Waals surface area (Å²) in [6.45, 7) is 0.641. The zero-order chi connectivity index (χ0) is 12.8. The highest BCUT2D eigenvalue weighted by Crippen LogP contribution is 2.34. The lowest BCUT2D eigenvalue weighted by atomic mass is 10.1. The van der Waals surface area contributed by atoms with E-state index in [1.54, 1.807) is 16.2 Å². The number of benzene rings is 1. The second-order valence-corrected chi connectivity index (χ2v) is 5.99. The predicted octanol–water partition coefficient (Wildman–Crippen LogP) is 2.35. The Balaban J connectivity index is 1.82. The van der Waals surface area contributed by atoms with Gasteiger partial charge in [0.05, 0.1) is 5.54 Å². The number of likely N-dealkylation sites (N-methyl/N-ethyl adjacent to an activating group) is 1. The quantitative estimate of drug-likeness (QED) is 0.920. The van der Waals surface area contributed by atoms with E-state index in [-0.39, 0.29) is 5.91 Å². The Bertz CT molecular complexity index is 601. The van der Waals surface area contributed by atoms with Gasteiger partial charge in [-0.1, -0.05) is 18.2 Å². The highest BCUT2D eigenvalue weighted by atomic mass is 32.1. The van der Waals surface area contributed by atoms with Crippen LogP contribution in [0.3, 0.4) is 0 Å². The Morgan fingerprint density at radius 2 is 2.17 bits per heavy atom. The van der Waals surface area contributed by atoms with Crippen LogP contribution in [0, 0.1) is 0 Å². The molecule has 0 radical (unpaired) electrons. The first-order valence-corrected chi connectivity index (χ1v) is 6.98. The number of nitrogens with two attached hydrogens (primary N) is 1. The summed E-state index contributed by atoms with van der Waals surface area (Å²) in [6.07, 6.45) is 1.64. The van der Waals surface area contributed by atoms with E-state index in [0.717, 1.165) is 12.8 Å². The summed E-state index contributed by atoms with van der Waals surface area (Å²) >= 11 is 1.72. The fraction of sp³-hybridized carbons (Fsp3) is 0.357. The van der Waals surface area contributed by atoms with Crippen molar-refractivity contribution in [3.05, 3.63) is 35.2 Å². The maximum absolute atomic E-state index is 12.1. The molecular weight excluding hydrogens is 244 g/mol. The van der Waals surface area contributed by atoms with Gasteiger partial charge in [-0.15, -0.1) is 11.3 Å². The fourth-order valence-corrected chi connectivity index (χ4v) is 3.17. The lowest BCUT2D eigenvalue weighted by molar-refractivity contribution is -0.132. The number of thiophene rings is 1. The third-order valence-corrected chi connectivity index (χ3v) is 4.54. The minimum absolute atomic E-state index is 0.0674. The van der Waals surface area contributed by atoms with Crippen molar-refractivity contribution >= 4 is 27.3 Å². The van der Waals surface area contributed by atoms with E-state index in [0.29, 0.717) is 6.54 Å². The number of amides is 1. The molecule has 0 aliphatic heterocycles. The molecule has 2 aromatic rings. The van der Waals surface area contributed by atoms with Gasteiger partial charge in [-0.25, -0.2) is 0 Å². The molecule has 4 heteroatoms. The summed E-state index contributed by atoms with van der Waals surface area (Å²) in [5, 5.41) is 3.37. The van der Waals surface area contributed by atoms with E-state index in [4.69, 9.17) is 5.73 Å². The maximum Gasteiger partial charge on any atom is 0.242 e. The molecule has 1 fully saturated rings. The van der Waals surface area contributed by atoms with Crippen molar-refractivity contribution in [2.24, 2.45) is 5.73 Å². The van der Waals surface area contributed by atoms with Crippen molar-refractivity contribution in [1.29, 1.82) is 0 Å². The average Bonchev–Trinajstić information content (AvgIpc) is 3.00. The van der Waals surface area contributed by atoms with Crippen LogP contribution >= 0.6 is 11.3 Å². The lowest BCUT2D eigenvalue weighted by Gasteiger charge is -2.20. The monoisotopic (exact) mass is 260 g/mol. The summed E-state index contributed by atoms with van der Waals surface area (Å²) in [7, 11) is 1.84. The van der Waals surface area contributed by atoms with Gasteiger partial charge in [0.1, 0.15) is 0 Å². The van der Waals surface area contributed by atoms with E-state index < -0.39 is 5.54 Å². The van der Waals surface area contributed by atoms with Crippen LogP contribution in [-0.4, -0.2) is 23.4 Å². The molecular formula is C14H16N2OS. The number of hydrogen-bond acceptors (Lipinski definition) is 3. The first kappa shape index (κ1) is 11.7.